The summed E-state index contributed by atoms with van der Waals surface area (Å²) in [4.78, 5) is 11.5. The second-order valence-electron chi connectivity index (χ2n) is 3.96. The van der Waals surface area contributed by atoms with Crippen LogP contribution in [-0.4, -0.2) is 28.6 Å². The molecule has 1 fully saturated rings. The first-order valence-corrected chi connectivity index (χ1v) is 6.53. The van der Waals surface area contributed by atoms with Gasteiger partial charge in [-0.2, -0.15) is 0 Å². The fourth-order valence-electron chi connectivity index (χ4n) is 1.82. The Balaban J connectivity index is 2.56. The zero-order valence-electron chi connectivity index (χ0n) is 8.88. The first-order chi connectivity index (χ1) is 6.59. The van der Waals surface area contributed by atoms with E-state index in [0.717, 1.165) is 25.8 Å². The van der Waals surface area contributed by atoms with E-state index in [-0.39, 0.29) is 15.5 Å². The number of rotatable bonds is 3. The lowest BCUT2D eigenvalue weighted by molar-refractivity contribution is -0.676. The molecule has 0 saturated carbocycles. The van der Waals surface area contributed by atoms with Gasteiger partial charge in [0.15, 0.2) is 5.60 Å². The molecule has 2 atom stereocenters. The number of piperidine rings is 1. The second-order valence-corrected chi connectivity index (χ2v) is 5.83. The molecule has 14 heavy (non-hydrogen) atoms. The normalized spacial score (nSPS) is 29.6. The Morgan fingerprint density at radius 1 is 1.71 bits per heavy atom. The van der Waals surface area contributed by atoms with Gasteiger partial charge in [0, 0.05) is 6.42 Å². The summed E-state index contributed by atoms with van der Waals surface area (Å²) in [5, 5.41) is 2.25. The number of carbonyl (C=O) groups excluding carboxylic acids is 1. The van der Waals surface area contributed by atoms with Crippen molar-refractivity contribution in [2.24, 2.45) is 0 Å². The Bertz CT molecular complexity index is 200. The molecule has 0 aromatic rings. The molecule has 0 amide bonds. The highest BCUT2D eigenvalue weighted by Gasteiger charge is 2.37. The number of carbonyl (C=O) groups is 1. The largest absolute Gasteiger partial charge is 0.452 e. The molecular formula is C10H19INO2+. The lowest BCUT2D eigenvalue weighted by atomic mass is 9.91. The van der Waals surface area contributed by atoms with Crippen molar-refractivity contribution in [3.63, 3.8) is 0 Å². The van der Waals surface area contributed by atoms with Crippen LogP contribution in [0.4, 0.5) is 0 Å². The maximum Gasteiger partial charge on any atom is 0.319 e. The van der Waals surface area contributed by atoms with Crippen molar-refractivity contribution in [3.05, 3.63) is 0 Å². The van der Waals surface area contributed by atoms with E-state index in [2.05, 4.69) is 34.8 Å². The first kappa shape index (κ1) is 12.2. The van der Waals surface area contributed by atoms with Crippen molar-refractivity contribution in [2.45, 2.75) is 42.6 Å². The molecule has 0 aliphatic carbocycles. The van der Waals surface area contributed by atoms with E-state index in [4.69, 9.17) is 4.74 Å². The van der Waals surface area contributed by atoms with Crippen LogP contribution >= 0.6 is 22.6 Å². The van der Waals surface area contributed by atoms with Crippen molar-refractivity contribution in [1.82, 2.24) is 0 Å². The molecule has 1 saturated heterocycles. The van der Waals surface area contributed by atoms with Gasteiger partial charge in [0.05, 0.1) is 6.54 Å². The molecule has 4 heteroatoms. The van der Waals surface area contributed by atoms with Gasteiger partial charge in [0.25, 0.3) is 0 Å². The van der Waals surface area contributed by atoms with Crippen LogP contribution in [0.2, 0.25) is 0 Å². The van der Waals surface area contributed by atoms with Crippen LogP contribution in [0.1, 0.15) is 33.1 Å². The van der Waals surface area contributed by atoms with Crippen molar-refractivity contribution in [1.29, 1.82) is 0 Å². The summed E-state index contributed by atoms with van der Waals surface area (Å²) in [6, 6.07) is 0. The highest BCUT2D eigenvalue weighted by molar-refractivity contribution is 14.1. The average Bonchev–Trinajstić information content (AvgIpc) is 2.19. The van der Waals surface area contributed by atoms with Gasteiger partial charge in [0.1, 0.15) is 10.5 Å². The van der Waals surface area contributed by atoms with E-state index in [1.807, 2.05) is 6.92 Å². The Labute approximate surface area is 99.1 Å². The molecule has 2 N–H and O–H groups in total. The predicted octanol–water partition coefficient (Wildman–Crippen LogP) is 0.859. The minimum absolute atomic E-state index is 0.0436. The third-order valence-corrected chi connectivity index (χ3v) is 3.35. The van der Waals surface area contributed by atoms with Crippen LogP contribution < -0.4 is 5.32 Å². The van der Waals surface area contributed by atoms with Gasteiger partial charge in [-0.15, -0.1) is 0 Å². The molecule has 1 aliphatic rings. The fourth-order valence-corrected chi connectivity index (χ4v) is 1.94. The molecule has 0 radical (unpaired) electrons. The quantitative estimate of drug-likeness (QED) is 0.477. The van der Waals surface area contributed by atoms with E-state index in [0.29, 0.717) is 0 Å². The highest BCUT2D eigenvalue weighted by atomic mass is 127. The van der Waals surface area contributed by atoms with E-state index >= 15 is 0 Å². The van der Waals surface area contributed by atoms with Gasteiger partial charge in [-0.1, -0.05) is 29.5 Å². The third-order valence-electron chi connectivity index (χ3n) is 2.84. The molecule has 0 spiro atoms. The molecule has 1 heterocycles. The zero-order chi connectivity index (χ0) is 10.6. The Morgan fingerprint density at radius 2 is 2.43 bits per heavy atom. The summed E-state index contributed by atoms with van der Waals surface area (Å²) in [5.41, 5.74) is -0.186. The predicted molar refractivity (Wildman–Crippen MR) is 63.5 cm³/mol. The van der Waals surface area contributed by atoms with E-state index < -0.39 is 0 Å². The summed E-state index contributed by atoms with van der Waals surface area (Å²) in [6.45, 7) is 6.07. The lowest BCUT2D eigenvalue weighted by Gasteiger charge is -2.34. The summed E-state index contributed by atoms with van der Waals surface area (Å²) in [5.74, 6) is -0.0669. The highest BCUT2D eigenvalue weighted by Crippen LogP contribution is 2.23. The fraction of sp³-hybridized carbons (Fsp3) is 0.900. The Hall–Kier alpha value is 0.160. The van der Waals surface area contributed by atoms with E-state index in [1.165, 1.54) is 6.54 Å². The number of nitrogens with two attached hydrogens (primary N) is 1. The van der Waals surface area contributed by atoms with Crippen LogP contribution in [0, 0.1) is 0 Å². The van der Waals surface area contributed by atoms with Gasteiger partial charge >= 0.3 is 5.97 Å². The smallest absolute Gasteiger partial charge is 0.319 e. The maximum atomic E-state index is 11.5. The molecule has 1 rings (SSSR count). The van der Waals surface area contributed by atoms with Crippen LogP contribution in [0.5, 0.6) is 0 Å². The molecule has 3 nitrogen and oxygen atoms in total. The summed E-state index contributed by atoms with van der Waals surface area (Å²) in [7, 11) is 0. The molecular weight excluding hydrogens is 293 g/mol. The molecule has 0 aromatic carbocycles. The van der Waals surface area contributed by atoms with Crippen molar-refractivity contribution >= 4 is 28.6 Å². The molecule has 2 unspecified atom stereocenters. The second kappa shape index (κ2) is 5.30. The molecule has 0 bridgehead atoms. The number of alkyl halides is 1. The Kier molecular flexibility index (Phi) is 4.63. The van der Waals surface area contributed by atoms with E-state index in [9.17, 15) is 4.79 Å². The van der Waals surface area contributed by atoms with Crippen molar-refractivity contribution in [3.8, 4) is 0 Å². The molecule has 0 aromatic heterocycles. The van der Waals surface area contributed by atoms with Crippen LogP contribution in [0.3, 0.4) is 0 Å². The van der Waals surface area contributed by atoms with Crippen LogP contribution in [0.25, 0.3) is 0 Å². The van der Waals surface area contributed by atoms with E-state index in [1.54, 1.807) is 0 Å². The van der Waals surface area contributed by atoms with Gasteiger partial charge < -0.3 is 10.1 Å². The van der Waals surface area contributed by atoms with Crippen molar-refractivity contribution < 1.29 is 14.8 Å². The minimum atomic E-state index is -0.186. The monoisotopic (exact) mass is 312 g/mol. The average molecular weight is 312 g/mol. The minimum Gasteiger partial charge on any atom is -0.452 e. The number of ether oxygens (including phenoxy) is 1. The molecule has 82 valence electrons. The maximum absolute atomic E-state index is 11.5. The SMILES string of the molecule is CCC1(OC(=O)C(C)I)CCC[NH2+]C1. The number of quaternary nitrogens is 1. The summed E-state index contributed by atoms with van der Waals surface area (Å²) in [6.07, 6.45) is 3.10. The number of esters is 1. The third kappa shape index (κ3) is 3.08. The van der Waals surface area contributed by atoms with Gasteiger partial charge in [-0.3, -0.25) is 4.79 Å². The first-order valence-electron chi connectivity index (χ1n) is 5.28. The van der Waals surface area contributed by atoms with Crippen LogP contribution in [-0.2, 0) is 9.53 Å². The number of hydrogen-bond donors (Lipinski definition) is 1. The van der Waals surface area contributed by atoms with Gasteiger partial charge in [-0.25, -0.2) is 0 Å². The lowest BCUT2D eigenvalue weighted by Crippen LogP contribution is -2.90. The van der Waals surface area contributed by atoms with Crippen LogP contribution in [0.15, 0.2) is 0 Å². The van der Waals surface area contributed by atoms with Gasteiger partial charge in [0.2, 0.25) is 0 Å². The van der Waals surface area contributed by atoms with Crippen molar-refractivity contribution in [2.75, 3.05) is 13.1 Å². The zero-order valence-corrected chi connectivity index (χ0v) is 11.0. The summed E-state index contributed by atoms with van der Waals surface area (Å²) >= 11 is 2.10. The summed E-state index contributed by atoms with van der Waals surface area (Å²) < 4.78 is 5.57. The molecule has 1 aliphatic heterocycles. The topological polar surface area (TPSA) is 42.9 Å². The Morgan fingerprint density at radius 3 is 2.86 bits per heavy atom. The number of halogens is 1. The van der Waals surface area contributed by atoms with Gasteiger partial charge in [-0.05, 0) is 19.8 Å². The number of hydrogen-bond acceptors (Lipinski definition) is 2. The standard InChI is InChI=1S/C10H18INO2/c1-3-10(5-4-6-12-7-10)14-9(13)8(2)11/h8,12H,3-7H2,1-2H3/p+1.